The molecule has 0 aromatic heterocycles. The van der Waals surface area contributed by atoms with E-state index in [4.69, 9.17) is 61.2 Å². The van der Waals surface area contributed by atoms with Gasteiger partial charge in [-0.25, -0.2) is 0 Å². The van der Waals surface area contributed by atoms with E-state index < -0.39 is 24.5 Å². The molecule has 352 valence electrons. The number of aliphatic hydroxyl groups excluding tert-OH is 2. The molecular weight excluding hydrogens is 741 g/mol. The first-order valence-electron chi connectivity index (χ1n) is 23.7. The summed E-state index contributed by atoms with van der Waals surface area (Å²) in [6.07, 6.45) is 40.7. The standard InChI is InChI=1S/2C21H45NO3.2C2H4O2/c2*22-18-20-25-19-16-14-12-10-8-6-4-2-1-3-5-7-9-11-13-15-17-21(23)24;2*1-2(3)4/h2*21,23-24H,1-20,22H2;2*1H3,(H,3,4). The molecule has 0 rings (SSSR count). The van der Waals surface area contributed by atoms with Crippen LogP contribution in [0.5, 0.6) is 0 Å². The summed E-state index contributed by atoms with van der Waals surface area (Å²) in [5, 5.41) is 49.8. The molecule has 0 aliphatic heterocycles. The van der Waals surface area contributed by atoms with Crippen molar-refractivity contribution >= 4 is 11.9 Å². The topological polar surface area (TPSA) is 226 Å². The van der Waals surface area contributed by atoms with Crippen molar-refractivity contribution < 1.29 is 49.7 Å². The number of hydrogen-bond acceptors (Lipinski definition) is 10. The molecule has 0 saturated heterocycles. The Morgan fingerprint density at radius 2 is 0.500 bits per heavy atom. The highest BCUT2D eigenvalue weighted by molar-refractivity contribution is 5.63. The molecule has 0 bridgehead atoms. The number of unbranched alkanes of at least 4 members (excludes halogenated alkanes) is 30. The summed E-state index contributed by atoms with van der Waals surface area (Å²) in [5.74, 6) is -1.67. The zero-order valence-corrected chi connectivity index (χ0v) is 37.9. The molecule has 12 nitrogen and oxygen atoms in total. The van der Waals surface area contributed by atoms with Gasteiger partial charge in [0.2, 0.25) is 0 Å². The quantitative estimate of drug-likeness (QED) is 0.0212. The molecule has 0 atom stereocenters. The highest BCUT2D eigenvalue weighted by Crippen LogP contribution is 2.16. The third-order valence-corrected chi connectivity index (χ3v) is 9.53. The molecule has 12 heteroatoms. The molecule has 0 fully saturated rings. The van der Waals surface area contributed by atoms with Crippen LogP contribution in [0.2, 0.25) is 0 Å². The van der Waals surface area contributed by atoms with Gasteiger partial charge >= 0.3 is 0 Å². The summed E-state index contributed by atoms with van der Waals surface area (Å²) in [5.41, 5.74) is 10.7. The fraction of sp³-hybridized carbons (Fsp3) is 0.957. The molecule has 0 aromatic carbocycles. The summed E-state index contributed by atoms with van der Waals surface area (Å²) >= 11 is 0. The smallest absolute Gasteiger partial charge is 0.300 e. The Morgan fingerprint density at radius 1 is 0.345 bits per heavy atom. The molecule has 0 amide bonds. The Kier molecular flexibility index (Phi) is 65.4. The average Bonchev–Trinajstić information content (AvgIpc) is 3.16. The van der Waals surface area contributed by atoms with Gasteiger partial charge in [-0.1, -0.05) is 180 Å². The molecule has 0 aliphatic rings. The molecule has 0 radical (unpaired) electrons. The fourth-order valence-corrected chi connectivity index (χ4v) is 6.38. The first-order valence-corrected chi connectivity index (χ1v) is 23.7. The van der Waals surface area contributed by atoms with Gasteiger partial charge in [-0.2, -0.15) is 0 Å². The number of hydrogen-bond donors (Lipinski definition) is 8. The Labute approximate surface area is 356 Å². The predicted octanol–water partition coefficient (Wildman–Crippen LogP) is 9.99. The van der Waals surface area contributed by atoms with Gasteiger partial charge in [0, 0.05) is 40.2 Å². The zero-order chi connectivity index (χ0) is 44.0. The normalized spacial score (nSPS) is 10.8. The number of ether oxygens (including phenoxy) is 2. The van der Waals surface area contributed by atoms with E-state index in [1.807, 2.05) is 0 Å². The molecule has 58 heavy (non-hydrogen) atoms. The van der Waals surface area contributed by atoms with Crippen LogP contribution in [0.25, 0.3) is 0 Å². The lowest BCUT2D eigenvalue weighted by Crippen LogP contribution is -2.08. The Bertz CT molecular complexity index is 679. The van der Waals surface area contributed by atoms with Crippen LogP contribution in [0.4, 0.5) is 0 Å². The maximum Gasteiger partial charge on any atom is 0.300 e. The van der Waals surface area contributed by atoms with Gasteiger partial charge < -0.3 is 51.6 Å². The van der Waals surface area contributed by atoms with Crippen LogP contribution in [0.15, 0.2) is 0 Å². The van der Waals surface area contributed by atoms with Gasteiger partial charge in [0.15, 0.2) is 12.6 Å². The van der Waals surface area contributed by atoms with E-state index in [-0.39, 0.29) is 0 Å². The number of carboxylic acid groups (broad SMARTS) is 2. The van der Waals surface area contributed by atoms with E-state index in [2.05, 4.69) is 0 Å². The average molecular weight is 839 g/mol. The maximum atomic E-state index is 9.00. The summed E-state index contributed by atoms with van der Waals surface area (Å²) < 4.78 is 10.7. The van der Waals surface area contributed by atoms with Crippen LogP contribution in [-0.2, 0) is 19.1 Å². The second-order valence-electron chi connectivity index (χ2n) is 15.7. The van der Waals surface area contributed by atoms with Crippen molar-refractivity contribution in [2.45, 2.75) is 245 Å². The Morgan fingerprint density at radius 3 is 0.655 bits per heavy atom. The van der Waals surface area contributed by atoms with E-state index >= 15 is 0 Å². The molecule has 0 aliphatic carbocycles. The highest BCUT2D eigenvalue weighted by Gasteiger charge is 1.99. The van der Waals surface area contributed by atoms with Crippen LogP contribution in [0.1, 0.15) is 232 Å². The van der Waals surface area contributed by atoms with Crippen LogP contribution in [-0.4, -0.2) is 94.7 Å². The van der Waals surface area contributed by atoms with Crippen molar-refractivity contribution in [3.8, 4) is 0 Å². The fourth-order valence-electron chi connectivity index (χ4n) is 6.38. The summed E-state index contributed by atoms with van der Waals surface area (Å²) in [7, 11) is 0. The number of rotatable bonds is 42. The van der Waals surface area contributed by atoms with Gasteiger partial charge in [-0.3, -0.25) is 9.59 Å². The molecule has 0 heterocycles. The number of aliphatic carboxylic acids is 2. The van der Waals surface area contributed by atoms with Crippen LogP contribution < -0.4 is 11.5 Å². The van der Waals surface area contributed by atoms with Crippen molar-refractivity contribution in [2.24, 2.45) is 11.5 Å². The highest BCUT2D eigenvalue weighted by atomic mass is 16.5. The van der Waals surface area contributed by atoms with Gasteiger partial charge in [0.25, 0.3) is 11.9 Å². The van der Waals surface area contributed by atoms with Gasteiger partial charge in [-0.05, 0) is 38.5 Å². The Balaban J connectivity index is -0.000000423. The van der Waals surface area contributed by atoms with Gasteiger partial charge in [0.05, 0.1) is 13.2 Å². The third kappa shape index (κ3) is 86.5. The minimum Gasteiger partial charge on any atom is -0.481 e. The lowest BCUT2D eigenvalue weighted by molar-refractivity contribution is -0.135. The van der Waals surface area contributed by atoms with Crippen molar-refractivity contribution in [1.82, 2.24) is 0 Å². The first-order chi connectivity index (χ1) is 28.0. The summed E-state index contributed by atoms with van der Waals surface area (Å²) in [4.78, 5) is 18.0. The van der Waals surface area contributed by atoms with Crippen LogP contribution in [0.3, 0.4) is 0 Å². The van der Waals surface area contributed by atoms with Crippen molar-refractivity contribution in [1.29, 1.82) is 0 Å². The van der Waals surface area contributed by atoms with E-state index in [9.17, 15) is 0 Å². The SMILES string of the molecule is CC(=O)O.CC(=O)O.NCCOCCCCCCCCCCCCCCCCCCC(O)O.NCCOCCCCCCCCCCCCCCCCCCC(O)O. The minimum absolute atomic E-state index is 0.531. The monoisotopic (exact) mass is 839 g/mol. The molecule has 0 unspecified atom stereocenters. The number of nitrogens with two attached hydrogens (primary N) is 2. The van der Waals surface area contributed by atoms with Crippen LogP contribution >= 0.6 is 0 Å². The second-order valence-corrected chi connectivity index (χ2v) is 15.7. The van der Waals surface area contributed by atoms with Crippen LogP contribution in [0, 0.1) is 0 Å². The maximum absolute atomic E-state index is 9.00. The molecular formula is C46H98N2O10. The molecule has 0 spiro atoms. The largest absolute Gasteiger partial charge is 0.481 e. The molecule has 10 N–H and O–H groups in total. The number of carbonyl (C=O) groups is 2. The minimum atomic E-state index is -1.11. The summed E-state index contributed by atoms with van der Waals surface area (Å²) in [6, 6.07) is 0. The Hall–Kier alpha value is -1.38. The van der Waals surface area contributed by atoms with Crippen molar-refractivity contribution in [3.63, 3.8) is 0 Å². The summed E-state index contributed by atoms with van der Waals surface area (Å²) in [6.45, 7) is 6.60. The zero-order valence-electron chi connectivity index (χ0n) is 37.9. The third-order valence-electron chi connectivity index (χ3n) is 9.53. The second kappa shape index (κ2) is 59.9. The number of carboxylic acids is 2. The first kappa shape index (κ1) is 63.3. The van der Waals surface area contributed by atoms with Crippen molar-refractivity contribution in [2.75, 3.05) is 39.5 Å². The number of aliphatic hydroxyl groups is 4. The molecule has 0 aromatic rings. The van der Waals surface area contributed by atoms with Gasteiger partial charge in [0.1, 0.15) is 0 Å². The predicted molar refractivity (Wildman–Crippen MR) is 240 cm³/mol. The van der Waals surface area contributed by atoms with Gasteiger partial charge in [-0.15, -0.1) is 0 Å². The van der Waals surface area contributed by atoms with E-state index in [0.29, 0.717) is 39.1 Å². The van der Waals surface area contributed by atoms with E-state index in [0.717, 1.165) is 52.7 Å². The van der Waals surface area contributed by atoms with Crippen molar-refractivity contribution in [3.05, 3.63) is 0 Å². The lowest BCUT2D eigenvalue weighted by atomic mass is 10.0. The lowest BCUT2D eigenvalue weighted by Gasteiger charge is -2.05. The molecule has 0 saturated carbocycles. The van der Waals surface area contributed by atoms with E-state index in [1.54, 1.807) is 0 Å². The van der Waals surface area contributed by atoms with E-state index in [1.165, 1.54) is 180 Å².